The first-order valence-corrected chi connectivity index (χ1v) is 10.7. The molecule has 162 valence electrons. The first-order valence-electron chi connectivity index (χ1n) is 10.7. The van der Waals surface area contributed by atoms with Crippen LogP contribution in [0.25, 0.3) is 0 Å². The van der Waals surface area contributed by atoms with Gasteiger partial charge in [-0.2, -0.15) is 0 Å². The second kappa shape index (κ2) is 9.56. The number of carbonyl (C=O) groups excluding carboxylic acids is 1. The zero-order chi connectivity index (χ0) is 20.9. The van der Waals surface area contributed by atoms with Crippen molar-refractivity contribution in [1.29, 1.82) is 0 Å². The van der Waals surface area contributed by atoms with Crippen molar-refractivity contribution in [1.82, 2.24) is 5.32 Å². The molecular weight excluding hydrogens is 370 g/mol. The van der Waals surface area contributed by atoms with E-state index in [1.807, 2.05) is 13.0 Å². The minimum absolute atomic E-state index is 0.0381. The lowest BCUT2D eigenvalue weighted by Gasteiger charge is -2.38. The number of ether oxygens (including phenoxy) is 4. The molecule has 1 spiro atoms. The summed E-state index contributed by atoms with van der Waals surface area (Å²) in [6, 6.07) is -0.103. The number of amides is 1. The molecule has 0 aliphatic carbocycles. The smallest absolute Gasteiger partial charge is 0.244 e. The van der Waals surface area contributed by atoms with Gasteiger partial charge in [0.25, 0.3) is 0 Å². The Balaban J connectivity index is 1.40. The van der Waals surface area contributed by atoms with E-state index in [4.69, 9.17) is 18.9 Å². The molecule has 3 rings (SSSR count). The highest BCUT2D eigenvalue weighted by molar-refractivity contribution is 5.87. The molecule has 0 aromatic carbocycles. The molecule has 0 aromatic rings. The molecule has 0 unspecified atom stereocenters. The van der Waals surface area contributed by atoms with Crippen molar-refractivity contribution in [2.45, 2.75) is 83.0 Å². The Hall–Kier alpha value is -1.47. The summed E-state index contributed by atoms with van der Waals surface area (Å²) >= 11 is 0. The summed E-state index contributed by atoms with van der Waals surface area (Å²) in [7, 11) is 0. The highest BCUT2D eigenvalue weighted by atomic mass is 16.7. The minimum Gasteiger partial charge on any atom is -0.369 e. The van der Waals surface area contributed by atoms with Crippen LogP contribution >= 0.6 is 0 Å². The fourth-order valence-corrected chi connectivity index (χ4v) is 3.98. The van der Waals surface area contributed by atoms with Crippen molar-refractivity contribution in [2.75, 3.05) is 19.8 Å². The zero-order valence-corrected chi connectivity index (χ0v) is 18.1. The molecule has 29 heavy (non-hydrogen) atoms. The van der Waals surface area contributed by atoms with Crippen LogP contribution in [-0.2, 0) is 23.7 Å². The number of hydrogen-bond donors (Lipinski definition) is 1. The molecule has 6 heteroatoms. The van der Waals surface area contributed by atoms with E-state index in [1.54, 1.807) is 6.08 Å². The van der Waals surface area contributed by atoms with Gasteiger partial charge in [0.2, 0.25) is 5.91 Å². The molecule has 0 radical (unpaired) electrons. The normalized spacial score (nSPS) is 34.8. The van der Waals surface area contributed by atoms with Crippen molar-refractivity contribution in [3.63, 3.8) is 0 Å². The van der Waals surface area contributed by atoms with Crippen LogP contribution in [0.2, 0.25) is 0 Å². The maximum absolute atomic E-state index is 11.7. The summed E-state index contributed by atoms with van der Waals surface area (Å²) in [5.74, 6) is -0.102. The standard InChI is InChI=1S/C23H35NO5/c1-5-6-7-20(25)24-18-13-26-21(27-14-18)11-9-17(2)8-10-19-12-23(16-28-23)15-22(3,4)29-19/h6-10,18-19,21H,5,11-16H2,1-4H3,(H,24,25)/b7-6-,10-8+,17-9+/t18?,19-,21?,23-/m1/s1. The number of allylic oxidation sites excluding steroid dienone is 3. The summed E-state index contributed by atoms with van der Waals surface area (Å²) in [5.41, 5.74) is 1.04. The average Bonchev–Trinajstić information content (AvgIpc) is 3.40. The first kappa shape index (κ1) is 22.2. The van der Waals surface area contributed by atoms with E-state index in [2.05, 4.69) is 44.3 Å². The van der Waals surface area contributed by atoms with Gasteiger partial charge in [-0.25, -0.2) is 0 Å². The number of nitrogens with one attached hydrogen (secondary N) is 1. The van der Waals surface area contributed by atoms with E-state index in [-0.39, 0.29) is 35.5 Å². The number of rotatable bonds is 7. The molecule has 6 nitrogen and oxygen atoms in total. The summed E-state index contributed by atoms with van der Waals surface area (Å²) < 4.78 is 23.3. The van der Waals surface area contributed by atoms with Crippen LogP contribution in [0.1, 0.15) is 53.4 Å². The lowest BCUT2D eigenvalue weighted by molar-refractivity contribution is -0.187. The van der Waals surface area contributed by atoms with Crippen LogP contribution < -0.4 is 5.32 Å². The molecule has 1 amide bonds. The molecular formula is C23H35NO5. The van der Waals surface area contributed by atoms with Crippen LogP contribution in [-0.4, -0.2) is 55.4 Å². The predicted molar refractivity (Wildman–Crippen MR) is 111 cm³/mol. The number of epoxide rings is 1. The third-order valence-electron chi connectivity index (χ3n) is 5.37. The van der Waals surface area contributed by atoms with Gasteiger partial charge in [-0.3, -0.25) is 4.79 Å². The third kappa shape index (κ3) is 7.07. The largest absolute Gasteiger partial charge is 0.369 e. The molecule has 3 aliphatic rings. The van der Waals surface area contributed by atoms with Gasteiger partial charge in [-0.05, 0) is 33.3 Å². The summed E-state index contributed by atoms with van der Waals surface area (Å²) in [5, 5.41) is 2.89. The van der Waals surface area contributed by atoms with Gasteiger partial charge in [0.1, 0.15) is 0 Å². The van der Waals surface area contributed by atoms with E-state index >= 15 is 0 Å². The predicted octanol–water partition coefficient (Wildman–Crippen LogP) is 3.43. The Bertz CT molecular complexity index is 648. The Morgan fingerprint density at radius 3 is 2.59 bits per heavy atom. The van der Waals surface area contributed by atoms with Crippen molar-refractivity contribution in [3.05, 3.63) is 36.0 Å². The van der Waals surface area contributed by atoms with Gasteiger partial charge in [0.15, 0.2) is 6.29 Å². The first-order chi connectivity index (χ1) is 13.8. The SMILES string of the molecule is CC/C=C\C(=O)NC1COC(C/C=C(C)/C=C/[C@@H]2C[C@]3(CO3)CC(C)(C)O2)OC1. The molecule has 1 N–H and O–H groups in total. The lowest BCUT2D eigenvalue weighted by atomic mass is 9.85. The molecule has 3 saturated heterocycles. The van der Waals surface area contributed by atoms with Crippen molar-refractivity contribution < 1.29 is 23.7 Å². The van der Waals surface area contributed by atoms with Gasteiger partial charge < -0.3 is 24.3 Å². The lowest BCUT2D eigenvalue weighted by Crippen LogP contribution is -2.46. The van der Waals surface area contributed by atoms with Gasteiger partial charge in [-0.1, -0.05) is 36.8 Å². The summed E-state index contributed by atoms with van der Waals surface area (Å²) in [6.07, 6.45) is 13.0. The van der Waals surface area contributed by atoms with Crippen LogP contribution in [0.3, 0.4) is 0 Å². The highest BCUT2D eigenvalue weighted by Gasteiger charge is 2.53. The molecule has 0 bridgehead atoms. The Morgan fingerprint density at radius 1 is 1.21 bits per heavy atom. The van der Waals surface area contributed by atoms with Gasteiger partial charge >= 0.3 is 0 Å². The van der Waals surface area contributed by atoms with Crippen LogP contribution in [0.4, 0.5) is 0 Å². The van der Waals surface area contributed by atoms with Crippen molar-refractivity contribution in [3.8, 4) is 0 Å². The van der Waals surface area contributed by atoms with E-state index in [9.17, 15) is 4.79 Å². The van der Waals surface area contributed by atoms with Crippen molar-refractivity contribution in [2.24, 2.45) is 0 Å². The van der Waals surface area contributed by atoms with E-state index in [0.717, 1.165) is 31.4 Å². The third-order valence-corrected chi connectivity index (χ3v) is 5.37. The molecule has 3 heterocycles. The average molecular weight is 406 g/mol. The molecule has 0 saturated carbocycles. The molecule has 3 fully saturated rings. The van der Waals surface area contributed by atoms with Crippen molar-refractivity contribution >= 4 is 5.91 Å². The minimum atomic E-state index is -0.273. The van der Waals surface area contributed by atoms with Gasteiger partial charge in [-0.15, -0.1) is 0 Å². The topological polar surface area (TPSA) is 69.3 Å². The highest BCUT2D eigenvalue weighted by Crippen LogP contribution is 2.46. The van der Waals surface area contributed by atoms with Crippen LogP contribution in [0.5, 0.6) is 0 Å². The zero-order valence-electron chi connectivity index (χ0n) is 18.1. The van der Waals surface area contributed by atoms with E-state index in [0.29, 0.717) is 19.6 Å². The summed E-state index contributed by atoms with van der Waals surface area (Å²) in [6.45, 7) is 10.1. The molecule has 2 atom stereocenters. The Kier molecular flexibility index (Phi) is 7.32. The second-order valence-corrected chi connectivity index (χ2v) is 8.92. The monoisotopic (exact) mass is 405 g/mol. The van der Waals surface area contributed by atoms with Crippen LogP contribution in [0, 0.1) is 0 Å². The Morgan fingerprint density at radius 2 is 1.93 bits per heavy atom. The number of hydrogen-bond acceptors (Lipinski definition) is 5. The van der Waals surface area contributed by atoms with Gasteiger partial charge in [0, 0.05) is 19.3 Å². The van der Waals surface area contributed by atoms with E-state index in [1.165, 1.54) is 0 Å². The Labute approximate surface area is 174 Å². The molecule has 3 aliphatic heterocycles. The van der Waals surface area contributed by atoms with E-state index < -0.39 is 0 Å². The summed E-state index contributed by atoms with van der Waals surface area (Å²) in [4.78, 5) is 11.7. The maximum atomic E-state index is 11.7. The van der Waals surface area contributed by atoms with Crippen LogP contribution in [0.15, 0.2) is 36.0 Å². The fourth-order valence-electron chi connectivity index (χ4n) is 3.98. The molecule has 0 aromatic heterocycles. The van der Waals surface area contributed by atoms with Gasteiger partial charge in [0.05, 0.1) is 43.2 Å². The second-order valence-electron chi connectivity index (χ2n) is 8.92. The fraction of sp³-hybridized carbons (Fsp3) is 0.696. The number of carbonyl (C=O) groups is 1. The maximum Gasteiger partial charge on any atom is 0.244 e. The quantitative estimate of drug-likeness (QED) is 0.399.